The van der Waals surface area contributed by atoms with Crippen LogP contribution in [0.3, 0.4) is 0 Å². The lowest BCUT2D eigenvalue weighted by Gasteiger charge is -2.35. The van der Waals surface area contributed by atoms with E-state index in [1.807, 2.05) is 45.0 Å². The van der Waals surface area contributed by atoms with E-state index >= 15 is 0 Å². The van der Waals surface area contributed by atoms with Gasteiger partial charge in [0.2, 0.25) is 0 Å². The number of likely N-dealkylation sites (tertiary alicyclic amines) is 1. The number of rotatable bonds is 9. The van der Waals surface area contributed by atoms with Crippen LogP contribution >= 0.6 is 11.6 Å². The maximum absolute atomic E-state index is 13.5. The van der Waals surface area contributed by atoms with E-state index in [1.54, 1.807) is 24.3 Å². The number of aliphatic hydroxyl groups is 1. The van der Waals surface area contributed by atoms with Gasteiger partial charge in [-0.3, -0.25) is 4.79 Å². The lowest BCUT2D eigenvalue weighted by atomic mass is 9.93. The number of Topliss-reactive ketones (excluding diaryl/α,β-unsaturated/α-hetero) is 1. The Kier molecular flexibility index (Phi) is 8.13. The fraction of sp³-hybridized carbons (Fsp3) is 0.464. The first kappa shape index (κ1) is 26.3. The van der Waals surface area contributed by atoms with Gasteiger partial charge in [-0.25, -0.2) is 9.36 Å². The summed E-state index contributed by atoms with van der Waals surface area (Å²) in [5, 5.41) is 15.2. The van der Waals surface area contributed by atoms with Gasteiger partial charge in [0.25, 0.3) is 0 Å². The average molecular weight is 511 g/mol. The summed E-state index contributed by atoms with van der Waals surface area (Å²) < 4.78 is 2.83. The Labute approximate surface area is 217 Å². The maximum Gasteiger partial charge on any atom is 0.355 e. The second-order valence-electron chi connectivity index (χ2n) is 10.5. The molecule has 4 rings (SSSR count). The van der Waals surface area contributed by atoms with E-state index < -0.39 is 5.60 Å². The molecular weight excluding hydrogens is 476 g/mol. The van der Waals surface area contributed by atoms with E-state index in [0.29, 0.717) is 28.6 Å². The highest BCUT2D eigenvalue weighted by molar-refractivity contribution is 6.30. The van der Waals surface area contributed by atoms with Crippen LogP contribution < -0.4 is 5.69 Å². The van der Waals surface area contributed by atoms with Crippen molar-refractivity contribution < 1.29 is 9.90 Å². The molecule has 1 aromatic heterocycles. The van der Waals surface area contributed by atoms with Crippen molar-refractivity contribution in [1.29, 1.82) is 0 Å². The van der Waals surface area contributed by atoms with E-state index in [1.165, 1.54) is 14.8 Å². The van der Waals surface area contributed by atoms with Crippen LogP contribution in [0.1, 0.15) is 51.4 Å². The maximum atomic E-state index is 13.5. The van der Waals surface area contributed by atoms with Gasteiger partial charge in [0.15, 0.2) is 0 Å². The number of ketones is 1. The predicted octanol–water partition coefficient (Wildman–Crippen LogP) is 4.22. The van der Waals surface area contributed by atoms with Crippen molar-refractivity contribution in [2.24, 2.45) is 5.92 Å². The molecular formula is C28H35ClN4O3. The predicted molar refractivity (Wildman–Crippen MR) is 142 cm³/mol. The van der Waals surface area contributed by atoms with E-state index in [4.69, 9.17) is 11.6 Å². The molecule has 1 aliphatic rings. The quantitative estimate of drug-likeness (QED) is 0.466. The minimum Gasteiger partial charge on any atom is -0.390 e. The Hall–Kier alpha value is -2.74. The molecule has 1 saturated heterocycles. The lowest BCUT2D eigenvalue weighted by molar-refractivity contribution is -0.119. The van der Waals surface area contributed by atoms with Crippen LogP contribution in [0.15, 0.2) is 53.3 Å². The van der Waals surface area contributed by atoms with Crippen molar-refractivity contribution in [3.63, 3.8) is 0 Å². The fourth-order valence-corrected chi connectivity index (χ4v) is 4.80. The number of nitrogens with zero attached hydrogens (tertiary/aromatic N) is 4. The summed E-state index contributed by atoms with van der Waals surface area (Å²) in [7, 11) is 0. The van der Waals surface area contributed by atoms with Crippen LogP contribution in [-0.2, 0) is 17.6 Å². The highest BCUT2D eigenvalue weighted by Crippen LogP contribution is 2.21. The molecule has 0 unspecified atom stereocenters. The summed E-state index contributed by atoms with van der Waals surface area (Å²) in [5.74, 6) is 0.676. The Morgan fingerprint density at radius 3 is 2.44 bits per heavy atom. The van der Waals surface area contributed by atoms with Gasteiger partial charge in [-0.1, -0.05) is 43.6 Å². The topological polar surface area (TPSA) is 80.4 Å². The third-order valence-electron chi connectivity index (χ3n) is 6.73. The minimum absolute atomic E-state index is 0.0417. The summed E-state index contributed by atoms with van der Waals surface area (Å²) in [5.41, 5.74) is 1.53. The normalized spacial score (nSPS) is 15.9. The number of carbonyl (C=O) groups excluding carboxylic acids is 1. The number of hydrogen-bond acceptors (Lipinski definition) is 5. The van der Waals surface area contributed by atoms with Crippen molar-refractivity contribution in [2.75, 3.05) is 19.6 Å². The van der Waals surface area contributed by atoms with E-state index in [-0.39, 0.29) is 23.8 Å². The molecule has 0 aliphatic carbocycles. The number of aromatic nitrogens is 3. The molecule has 36 heavy (non-hydrogen) atoms. The lowest BCUT2D eigenvalue weighted by Crippen LogP contribution is -2.43. The van der Waals surface area contributed by atoms with Crippen molar-refractivity contribution in [1.82, 2.24) is 19.2 Å². The van der Waals surface area contributed by atoms with Crippen molar-refractivity contribution >= 4 is 17.4 Å². The van der Waals surface area contributed by atoms with E-state index in [9.17, 15) is 14.7 Å². The number of benzene rings is 2. The molecule has 8 heteroatoms. The van der Waals surface area contributed by atoms with Crippen LogP contribution in [0.4, 0.5) is 0 Å². The average Bonchev–Trinajstić information content (AvgIpc) is 3.13. The fourth-order valence-electron chi connectivity index (χ4n) is 4.62. The molecule has 7 nitrogen and oxygen atoms in total. The largest absolute Gasteiger partial charge is 0.390 e. The second kappa shape index (κ2) is 11.1. The highest BCUT2D eigenvalue weighted by atomic mass is 35.5. The highest BCUT2D eigenvalue weighted by Gasteiger charge is 2.27. The minimum atomic E-state index is -0.544. The van der Waals surface area contributed by atoms with Crippen molar-refractivity contribution in [3.05, 3.63) is 75.4 Å². The molecule has 0 spiro atoms. The number of hydrogen-bond donors (Lipinski definition) is 1. The molecule has 192 valence electrons. The molecule has 1 aliphatic heterocycles. The van der Waals surface area contributed by atoms with Crippen molar-refractivity contribution in [2.45, 2.75) is 58.5 Å². The Morgan fingerprint density at radius 1 is 1.11 bits per heavy atom. The summed E-state index contributed by atoms with van der Waals surface area (Å²) >= 11 is 6.19. The Balaban J connectivity index is 1.55. The molecule has 0 bridgehead atoms. The summed E-state index contributed by atoms with van der Waals surface area (Å²) in [6.45, 7) is 8.64. The third-order valence-corrected chi connectivity index (χ3v) is 6.97. The first-order valence-electron chi connectivity index (χ1n) is 12.6. The first-order chi connectivity index (χ1) is 17.1. The number of carbonyl (C=O) groups is 1. The molecule has 1 fully saturated rings. The summed E-state index contributed by atoms with van der Waals surface area (Å²) in [6, 6.07) is 14.8. The van der Waals surface area contributed by atoms with E-state index in [0.717, 1.165) is 38.9 Å². The third kappa shape index (κ3) is 6.52. The van der Waals surface area contributed by atoms with Crippen LogP contribution in [0, 0.1) is 5.92 Å². The number of piperidine rings is 1. The zero-order valence-electron chi connectivity index (χ0n) is 21.3. The second-order valence-corrected chi connectivity index (χ2v) is 10.9. The standard InChI is InChI=1S/C28H35ClN4O3/c1-20(2)17-25(34)19-26-30-33(27(35)32(26)24-6-4-5-22(29)18-24)23-9-7-21(8-10-23)11-14-31-15-12-28(3,36)13-16-31/h4-10,18,20,36H,11-17,19H2,1-3H3. The van der Waals surface area contributed by atoms with Gasteiger partial charge in [0.05, 0.1) is 23.4 Å². The van der Waals surface area contributed by atoms with Crippen LogP contribution in [-0.4, -0.2) is 55.4 Å². The monoisotopic (exact) mass is 510 g/mol. The summed E-state index contributed by atoms with van der Waals surface area (Å²) in [4.78, 5) is 28.4. The van der Waals surface area contributed by atoms with Crippen LogP contribution in [0.25, 0.3) is 11.4 Å². The smallest absolute Gasteiger partial charge is 0.355 e. The molecule has 0 saturated carbocycles. The van der Waals surface area contributed by atoms with Gasteiger partial charge in [-0.2, -0.15) is 4.68 Å². The van der Waals surface area contributed by atoms with Crippen LogP contribution in [0.2, 0.25) is 5.02 Å². The molecule has 0 radical (unpaired) electrons. The van der Waals surface area contributed by atoms with Gasteiger partial charge < -0.3 is 10.0 Å². The van der Waals surface area contributed by atoms with Gasteiger partial charge >= 0.3 is 5.69 Å². The van der Waals surface area contributed by atoms with Gasteiger partial charge in [0, 0.05) is 31.1 Å². The van der Waals surface area contributed by atoms with Gasteiger partial charge in [-0.15, -0.1) is 5.10 Å². The Morgan fingerprint density at radius 2 is 1.81 bits per heavy atom. The molecule has 2 heterocycles. The van der Waals surface area contributed by atoms with Gasteiger partial charge in [0.1, 0.15) is 11.6 Å². The molecule has 2 aromatic carbocycles. The van der Waals surface area contributed by atoms with Crippen molar-refractivity contribution in [3.8, 4) is 11.4 Å². The van der Waals surface area contributed by atoms with Crippen LogP contribution in [0.5, 0.6) is 0 Å². The summed E-state index contributed by atoms with van der Waals surface area (Å²) in [6.07, 6.45) is 3.00. The molecule has 0 atom stereocenters. The van der Waals surface area contributed by atoms with E-state index in [2.05, 4.69) is 10.00 Å². The van der Waals surface area contributed by atoms with Gasteiger partial charge in [-0.05, 0) is 68.0 Å². The molecule has 1 N–H and O–H groups in total. The zero-order chi connectivity index (χ0) is 25.9. The molecule has 0 amide bonds. The Bertz CT molecular complexity index is 1250. The SMILES string of the molecule is CC(C)CC(=O)Cc1nn(-c2ccc(CCN3CCC(C)(O)CC3)cc2)c(=O)n1-c1cccc(Cl)c1. The zero-order valence-corrected chi connectivity index (χ0v) is 22.0. The number of halogens is 1. The first-order valence-corrected chi connectivity index (χ1v) is 13.0. The molecule has 3 aromatic rings.